The van der Waals surface area contributed by atoms with E-state index in [4.69, 9.17) is 44.3 Å². The molecule has 0 radical (unpaired) electrons. The number of nitrogens with zero attached hydrogens (tertiary/aromatic N) is 11. The molecule has 38 heteroatoms. The number of piperazine rings is 1. The van der Waals surface area contributed by atoms with E-state index in [0.717, 1.165) is 91.2 Å². The van der Waals surface area contributed by atoms with Gasteiger partial charge in [-0.25, -0.2) is 37.5 Å². The van der Waals surface area contributed by atoms with Gasteiger partial charge in [-0.2, -0.15) is 20.4 Å². The van der Waals surface area contributed by atoms with Crippen molar-refractivity contribution >= 4 is 125 Å². The van der Waals surface area contributed by atoms with Gasteiger partial charge in [0.05, 0.1) is 133 Å². The Balaban J connectivity index is 0.000000125. The molecule has 2 saturated heterocycles. The number of fused-ring (bicyclic) bond motifs is 4. The van der Waals surface area contributed by atoms with Gasteiger partial charge in [0.2, 0.25) is 0 Å². The van der Waals surface area contributed by atoms with E-state index in [2.05, 4.69) is 124 Å². The Morgan fingerprint density at radius 2 is 0.824 bits per heavy atom. The highest BCUT2D eigenvalue weighted by atomic mass is 35.5. The maximum Gasteiger partial charge on any atom is 0.261 e. The van der Waals surface area contributed by atoms with E-state index in [1.54, 1.807) is 43.6 Å². The van der Waals surface area contributed by atoms with Crippen LogP contribution in [0.1, 0.15) is 58.1 Å². The van der Waals surface area contributed by atoms with Crippen molar-refractivity contribution in [2.24, 2.45) is 0 Å². The summed E-state index contributed by atoms with van der Waals surface area (Å²) in [5.41, 5.74) is 10.6. The van der Waals surface area contributed by atoms with Gasteiger partial charge in [-0.05, 0) is 111 Å². The zero-order chi connectivity index (χ0) is 83.1. The summed E-state index contributed by atoms with van der Waals surface area (Å²) in [6.45, 7) is 9.31. The zero-order valence-corrected chi connectivity index (χ0v) is 65.3. The summed E-state index contributed by atoms with van der Waals surface area (Å²) >= 11 is 18.1. The number of hydrogen-bond acceptors (Lipinski definition) is 19. The standard InChI is InChI=1S/C23H23F2N7O2.C22H20F2N6O3.C19H17N5O2.C17H10Cl3N5O/c1-31-7-9-32(10-8-31)12-13-18(33)6-5-16-20(13)29-22(27-16)21-17(11-26-30-21)28-23(34)19-14(24)3-2-4-15(19)25;23-13-2-1-3-14(24)18(13)22(32)27-16-10-25-29-20(16)21-26-15-4-5-17(31)12(19(15)28-21)11-30-6-8-33-9-7-30;1-11-6-5-9-15(26-2)16(11)19(25)23-14-10-20-24-17(14)18-21-12-7-3-4-8-13(12)22-18;18-8-5-9(19)14(10(20)6-8)17(26)24-13-7-21-25-15(13)16-22-11-3-1-2-4-12(11)23-16/h2-6,11,33H,7-10,12H2,1H3,(H,26,30)(H,27,29)(H,28,34);1-5,10,31H,6-9,11H2,(H,25,29)(H,26,28)(H,27,32);3-10H,1-2H3,(H,20,24)(H,21,22)(H,23,25);1-7H,(H,21,25)(H,22,23)(H,24,26). The van der Waals surface area contributed by atoms with Crippen LogP contribution in [-0.4, -0.2) is 196 Å². The molecular weight excluding hydrogens is 1610 g/mol. The summed E-state index contributed by atoms with van der Waals surface area (Å²) in [4.78, 5) is 88.2. The molecule has 2 fully saturated rings. The Morgan fingerprint density at radius 3 is 1.24 bits per heavy atom. The van der Waals surface area contributed by atoms with E-state index in [-0.39, 0.29) is 44.4 Å². The van der Waals surface area contributed by atoms with Gasteiger partial charge in [0.1, 0.15) is 74.4 Å². The molecule has 8 aromatic carbocycles. The van der Waals surface area contributed by atoms with Crippen LogP contribution in [-0.2, 0) is 17.8 Å². The number of morpholine rings is 1. The van der Waals surface area contributed by atoms with Crippen molar-refractivity contribution in [3.63, 3.8) is 0 Å². The molecule has 0 saturated carbocycles. The number of aromatic amines is 8. The monoisotopic (exact) mass is 1670 g/mol. The van der Waals surface area contributed by atoms with Gasteiger partial charge in [-0.15, -0.1) is 0 Å². The first-order valence-corrected chi connectivity index (χ1v) is 37.8. The van der Waals surface area contributed by atoms with Crippen molar-refractivity contribution in [1.82, 2.24) is 95.4 Å². The van der Waals surface area contributed by atoms with E-state index in [1.165, 1.54) is 42.9 Å². The van der Waals surface area contributed by atoms with Gasteiger partial charge < -0.3 is 65.8 Å². The Hall–Kier alpha value is -13.8. The number of H-pyrrole nitrogens is 8. The van der Waals surface area contributed by atoms with Gasteiger partial charge >= 0.3 is 0 Å². The molecule has 0 atom stereocenters. The fraction of sp³-hybridized carbons (Fsp3) is 0.160. The quantitative estimate of drug-likeness (QED) is 0.0377. The Labute approximate surface area is 686 Å². The normalized spacial score (nSPS) is 13.2. The highest BCUT2D eigenvalue weighted by Gasteiger charge is 2.28. The second-order valence-electron chi connectivity index (χ2n) is 27.3. The van der Waals surface area contributed by atoms with E-state index in [1.807, 2.05) is 67.6 Å². The minimum atomic E-state index is -0.968. The molecule has 18 rings (SSSR count). The van der Waals surface area contributed by atoms with Crippen LogP contribution < -0.4 is 26.0 Å². The predicted molar refractivity (Wildman–Crippen MR) is 441 cm³/mol. The number of benzene rings is 8. The zero-order valence-electron chi connectivity index (χ0n) is 63.1. The van der Waals surface area contributed by atoms with Crippen molar-refractivity contribution in [1.29, 1.82) is 0 Å². The number of rotatable bonds is 17. The molecule has 14 N–H and O–H groups in total. The minimum Gasteiger partial charge on any atom is -0.508 e. The third-order valence-electron chi connectivity index (χ3n) is 19.5. The minimum absolute atomic E-state index is 0.125. The predicted octanol–water partition coefficient (Wildman–Crippen LogP) is 14.6. The molecule has 2 aliphatic heterocycles. The molecule has 31 nitrogen and oxygen atoms in total. The number of ether oxygens (including phenoxy) is 2. The lowest BCUT2D eigenvalue weighted by Gasteiger charge is -2.32. The van der Waals surface area contributed by atoms with E-state index < -0.39 is 52.1 Å². The topological polar surface area (TPSA) is 414 Å². The van der Waals surface area contributed by atoms with Crippen LogP contribution in [0, 0.1) is 30.2 Å². The number of aromatic nitrogens is 16. The highest BCUT2D eigenvalue weighted by Crippen LogP contribution is 2.37. The lowest BCUT2D eigenvalue weighted by molar-refractivity contribution is 0.0340. The Bertz CT molecular complexity index is 6330. The summed E-state index contributed by atoms with van der Waals surface area (Å²) in [6.07, 6.45) is 5.70. The molecule has 606 valence electrons. The van der Waals surface area contributed by atoms with Crippen molar-refractivity contribution in [2.75, 3.05) is 87.9 Å². The average molecular weight is 1680 g/mol. The van der Waals surface area contributed by atoms with Crippen molar-refractivity contribution in [3.8, 4) is 63.3 Å². The van der Waals surface area contributed by atoms with Crippen LogP contribution in [0.4, 0.5) is 40.3 Å². The summed E-state index contributed by atoms with van der Waals surface area (Å²) in [7, 11) is 3.63. The van der Waals surface area contributed by atoms with Gasteiger partial charge in [0, 0.05) is 68.5 Å². The second-order valence-corrected chi connectivity index (χ2v) is 28.6. The van der Waals surface area contributed by atoms with E-state index in [0.29, 0.717) is 133 Å². The molecule has 16 aromatic rings. The molecule has 0 aliphatic carbocycles. The molecule has 0 bridgehead atoms. The lowest BCUT2D eigenvalue weighted by Crippen LogP contribution is -2.43. The van der Waals surface area contributed by atoms with Crippen molar-refractivity contribution in [3.05, 3.63) is 242 Å². The van der Waals surface area contributed by atoms with Gasteiger partial charge in [-0.1, -0.05) is 83.3 Å². The van der Waals surface area contributed by atoms with Gasteiger partial charge in [0.25, 0.3) is 23.6 Å². The molecule has 10 heterocycles. The number of para-hydroxylation sites is 4. The maximum absolute atomic E-state index is 14.0. The number of carbonyl (C=O) groups is 4. The van der Waals surface area contributed by atoms with Crippen LogP contribution in [0.25, 0.3) is 90.2 Å². The first kappa shape index (κ1) is 80.4. The third kappa shape index (κ3) is 17.7. The number of nitrogens with one attached hydrogen (secondary N) is 12. The number of anilines is 4. The molecule has 119 heavy (non-hydrogen) atoms. The number of likely N-dealkylation sites (N-methyl/N-ethyl adjacent to an activating group) is 1. The van der Waals surface area contributed by atoms with Crippen LogP contribution in [0.15, 0.2) is 164 Å². The summed E-state index contributed by atoms with van der Waals surface area (Å²) < 4.78 is 66.7. The largest absolute Gasteiger partial charge is 0.508 e. The van der Waals surface area contributed by atoms with Crippen LogP contribution in [0.5, 0.6) is 17.2 Å². The van der Waals surface area contributed by atoms with Gasteiger partial charge in [0.15, 0.2) is 23.3 Å². The fourth-order valence-corrected chi connectivity index (χ4v) is 14.4. The van der Waals surface area contributed by atoms with Crippen molar-refractivity contribution < 1.29 is 56.4 Å². The third-order valence-corrected chi connectivity index (χ3v) is 20.3. The number of amides is 4. The number of phenols is 2. The Kier molecular flexibility index (Phi) is 23.9. The maximum atomic E-state index is 14.0. The first-order chi connectivity index (χ1) is 57.6. The number of phenolic OH excluding ortho intramolecular Hbond substituents is 2. The summed E-state index contributed by atoms with van der Waals surface area (Å²) in [5.74, 6) is -3.83. The SMILES string of the molecule is CN1CCN(Cc2c(O)ccc3[nH]c(-c4[nH]ncc4NC(=O)c4c(F)cccc4F)nc23)CC1.COc1cccc(C)c1C(=O)Nc1cn[nH]c1-c1nc2ccccc2[nH]1.O=C(Nc1cn[nH]c1-c1nc2c(CN3CCOCC3)c(O)ccc2[nH]1)c1c(F)cccc1F.O=C(Nc1cn[nH]c1-c1nc2ccccc2[nH]1)c1c(Cl)cc(Cl)cc1Cl. The molecule has 4 amide bonds. The molecule has 0 unspecified atom stereocenters. The highest BCUT2D eigenvalue weighted by molar-refractivity contribution is 6.42. The smallest absolute Gasteiger partial charge is 0.261 e. The number of aromatic hydroxyl groups is 2. The number of carbonyl (C=O) groups excluding carboxylic acids is 4. The molecular formula is C81H70Cl3F4N23O8. The number of halogens is 7. The van der Waals surface area contributed by atoms with Crippen LogP contribution in [0.3, 0.4) is 0 Å². The number of hydrogen-bond donors (Lipinski definition) is 14. The number of imidazole rings is 4. The molecule has 0 spiro atoms. The van der Waals surface area contributed by atoms with Crippen LogP contribution in [0.2, 0.25) is 15.1 Å². The van der Waals surface area contributed by atoms with Crippen molar-refractivity contribution in [2.45, 2.75) is 20.0 Å². The Morgan fingerprint density at radius 1 is 0.454 bits per heavy atom. The molecule has 8 aromatic heterocycles. The molecule has 2 aliphatic rings. The van der Waals surface area contributed by atoms with Gasteiger partial charge in [-0.3, -0.25) is 49.4 Å². The second kappa shape index (κ2) is 35.3. The van der Waals surface area contributed by atoms with E-state index >= 15 is 0 Å². The summed E-state index contributed by atoms with van der Waals surface area (Å²) in [6, 6.07) is 36.8. The first-order valence-electron chi connectivity index (χ1n) is 36.7. The number of aryl methyl sites for hydroxylation is 1. The fourth-order valence-electron chi connectivity index (χ4n) is 13.4. The average Bonchev–Trinajstić information content (AvgIpc) is 1.64. The number of methoxy groups -OCH3 is 1. The lowest BCUT2D eigenvalue weighted by atomic mass is 10.1. The van der Waals surface area contributed by atoms with E-state index in [9.17, 15) is 47.0 Å². The summed E-state index contributed by atoms with van der Waals surface area (Å²) in [5, 5.41) is 59.5. The van der Waals surface area contributed by atoms with Crippen LogP contribution >= 0.6 is 34.8 Å².